The molecule has 6 heteroatoms. The van der Waals surface area contributed by atoms with Gasteiger partial charge in [-0.05, 0) is 25.1 Å². The van der Waals surface area contributed by atoms with Crippen LogP contribution < -0.4 is 16.2 Å². The monoisotopic (exact) mass is 208 g/mol. The molecule has 0 radical (unpaired) electrons. The lowest BCUT2D eigenvalue weighted by molar-refractivity contribution is -0.117. The first kappa shape index (κ1) is 9.85. The van der Waals surface area contributed by atoms with Gasteiger partial charge in [-0.3, -0.25) is 9.59 Å². The van der Waals surface area contributed by atoms with Crippen molar-refractivity contribution in [3.05, 3.63) is 22.5 Å². The summed E-state index contributed by atoms with van der Waals surface area (Å²) >= 11 is 0. The van der Waals surface area contributed by atoms with Crippen molar-refractivity contribution < 1.29 is 4.79 Å². The Morgan fingerprint density at radius 3 is 2.87 bits per heavy atom. The summed E-state index contributed by atoms with van der Waals surface area (Å²) in [4.78, 5) is 22.1. The van der Waals surface area contributed by atoms with Gasteiger partial charge in [-0.15, -0.1) is 0 Å². The van der Waals surface area contributed by atoms with Gasteiger partial charge in [0, 0.05) is 12.5 Å². The normalized spacial score (nSPS) is 15.7. The SMILES string of the molecule is O=C(CC1CNC1)Nc1ccc(=O)[nH]n1. The average Bonchev–Trinajstić information content (AvgIpc) is 2.16. The van der Waals surface area contributed by atoms with Gasteiger partial charge in [0.05, 0.1) is 0 Å². The Morgan fingerprint density at radius 1 is 1.53 bits per heavy atom. The third-order valence-electron chi connectivity index (χ3n) is 2.29. The van der Waals surface area contributed by atoms with Crippen molar-refractivity contribution >= 4 is 11.7 Å². The second kappa shape index (κ2) is 4.22. The number of nitrogens with zero attached hydrogens (tertiary/aromatic N) is 1. The van der Waals surface area contributed by atoms with Gasteiger partial charge in [-0.25, -0.2) is 5.10 Å². The molecule has 0 saturated carbocycles. The van der Waals surface area contributed by atoms with Gasteiger partial charge in [0.1, 0.15) is 0 Å². The van der Waals surface area contributed by atoms with Crippen LogP contribution in [0.15, 0.2) is 16.9 Å². The lowest BCUT2D eigenvalue weighted by Crippen LogP contribution is -2.43. The van der Waals surface area contributed by atoms with Gasteiger partial charge < -0.3 is 10.6 Å². The van der Waals surface area contributed by atoms with E-state index in [9.17, 15) is 9.59 Å². The van der Waals surface area contributed by atoms with E-state index in [4.69, 9.17) is 0 Å². The molecule has 6 nitrogen and oxygen atoms in total. The van der Waals surface area contributed by atoms with Crippen LogP contribution in [-0.2, 0) is 4.79 Å². The summed E-state index contributed by atoms with van der Waals surface area (Å²) in [6.07, 6.45) is 0.494. The summed E-state index contributed by atoms with van der Waals surface area (Å²) < 4.78 is 0. The summed E-state index contributed by atoms with van der Waals surface area (Å²) in [5.74, 6) is 0.737. The first-order chi connectivity index (χ1) is 7.24. The molecule has 1 aliphatic heterocycles. The van der Waals surface area contributed by atoms with Crippen LogP contribution in [0.1, 0.15) is 6.42 Å². The smallest absolute Gasteiger partial charge is 0.264 e. The van der Waals surface area contributed by atoms with E-state index < -0.39 is 0 Å². The second-order valence-corrected chi connectivity index (χ2v) is 3.58. The summed E-state index contributed by atoms with van der Waals surface area (Å²) in [6.45, 7) is 1.79. The van der Waals surface area contributed by atoms with Crippen molar-refractivity contribution in [1.82, 2.24) is 15.5 Å². The van der Waals surface area contributed by atoms with E-state index in [0.717, 1.165) is 13.1 Å². The molecule has 0 bridgehead atoms. The summed E-state index contributed by atoms with van der Waals surface area (Å²) in [7, 11) is 0. The lowest BCUT2D eigenvalue weighted by Gasteiger charge is -2.26. The standard InChI is InChI=1S/C9H12N4O2/c14-8-2-1-7(12-13-8)11-9(15)3-6-4-10-5-6/h1-2,6,10H,3-5H2,(H,13,14)(H,11,12,15). The zero-order valence-electron chi connectivity index (χ0n) is 8.12. The summed E-state index contributed by atoms with van der Waals surface area (Å²) in [6, 6.07) is 2.81. The number of hydrogen-bond acceptors (Lipinski definition) is 4. The van der Waals surface area contributed by atoms with Gasteiger partial charge in [-0.2, -0.15) is 5.10 Å². The van der Waals surface area contributed by atoms with Crippen LogP contribution in [-0.4, -0.2) is 29.2 Å². The fourth-order valence-corrected chi connectivity index (χ4v) is 1.36. The van der Waals surface area contributed by atoms with Gasteiger partial charge in [0.25, 0.3) is 5.56 Å². The van der Waals surface area contributed by atoms with E-state index in [0.29, 0.717) is 18.2 Å². The van der Waals surface area contributed by atoms with Crippen LogP contribution >= 0.6 is 0 Å². The van der Waals surface area contributed by atoms with Crippen LogP contribution in [0.5, 0.6) is 0 Å². The molecule has 1 aromatic heterocycles. The average molecular weight is 208 g/mol. The van der Waals surface area contributed by atoms with Crippen molar-refractivity contribution in [2.45, 2.75) is 6.42 Å². The Bertz CT molecular complexity index is 390. The molecule has 2 heterocycles. The first-order valence-corrected chi connectivity index (χ1v) is 4.80. The number of carbonyl (C=O) groups excluding carboxylic acids is 1. The fourth-order valence-electron chi connectivity index (χ4n) is 1.36. The molecule has 15 heavy (non-hydrogen) atoms. The summed E-state index contributed by atoms with van der Waals surface area (Å²) in [5.41, 5.74) is -0.281. The van der Waals surface area contributed by atoms with E-state index in [1.807, 2.05) is 0 Å². The van der Waals surface area contributed by atoms with Gasteiger partial charge >= 0.3 is 0 Å². The Hall–Kier alpha value is -1.69. The highest BCUT2D eigenvalue weighted by molar-refractivity contribution is 5.89. The molecule has 1 amide bonds. The van der Waals surface area contributed by atoms with Gasteiger partial charge in [0.15, 0.2) is 5.82 Å². The first-order valence-electron chi connectivity index (χ1n) is 4.80. The molecule has 1 aromatic rings. The third-order valence-corrected chi connectivity index (χ3v) is 2.29. The quantitative estimate of drug-likeness (QED) is 0.614. The number of hydrogen-bond donors (Lipinski definition) is 3. The number of rotatable bonds is 3. The van der Waals surface area contributed by atoms with Crippen LogP contribution in [0.4, 0.5) is 5.82 Å². The minimum Gasteiger partial charge on any atom is -0.316 e. The zero-order chi connectivity index (χ0) is 10.7. The Labute approximate surface area is 86.1 Å². The molecular formula is C9H12N4O2. The van der Waals surface area contributed by atoms with Crippen LogP contribution in [0, 0.1) is 5.92 Å². The van der Waals surface area contributed by atoms with Crippen molar-refractivity contribution in [1.29, 1.82) is 0 Å². The molecule has 1 fully saturated rings. The van der Waals surface area contributed by atoms with Crippen LogP contribution in [0.2, 0.25) is 0 Å². The maximum Gasteiger partial charge on any atom is 0.264 e. The number of carbonyl (C=O) groups is 1. The van der Waals surface area contributed by atoms with E-state index >= 15 is 0 Å². The Morgan fingerprint density at radius 2 is 2.33 bits per heavy atom. The largest absolute Gasteiger partial charge is 0.316 e. The molecule has 3 N–H and O–H groups in total. The van der Waals surface area contributed by atoms with Crippen molar-refractivity contribution in [3.8, 4) is 0 Å². The van der Waals surface area contributed by atoms with Crippen molar-refractivity contribution in [2.75, 3.05) is 18.4 Å². The predicted molar refractivity (Wildman–Crippen MR) is 54.5 cm³/mol. The molecule has 0 spiro atoms. The zero-order valence-corrected chi connectivity index (χ0v) is 8.12. The molecule has 0 aliphatic carbocycles. The second-order valence-electron chi connectivity index (χ2n) is 3.58. The number of anilines is 1. The molecule has 2 rings (SSSR count). The number of H-pyrrole nitrogens is 1. The van der Waals surface area contributed by atoms with Crippen molar-refractivity contribution in [2.24, 2.45) is 5.92 Å². The molecule has 0 atom stereocenters. The van der Waals surface area contributed by atoms with E-state index in [1.165, 1.54) is 12.1 Å². The van der Waals surface area contributed by atoms with E-state index in [1.54, 1.807) is 0 Å². The maximum absolute atomic E-state index is 11.4. The maximum atomic E-state index is 11.4. The number of amides is 1. The lowest BCUT2D eigenvalue weighted by atomic mass is 9.99. The van der Waals surface area contributed by atoms with Crippen LogP contribution in [0.25, 0.3) is 0 Å². The molecule has 0 unspecified atom stereocenters. The highest BCUT2D eigenvalue weighted by Gasteiger charge is 2.20. The summed E-state index contributed by atoms with van der Waals surface area (Å²) in [5, 5.41) is 11.7. The topological polar surface area (TPSA) is 86.9 Å². The van der Waals surface area contributed by atoms with E-state index in [2.05, 4.69) is 20.8 Å². The number of nitrogens with one attached hydrogen (secondary N) is 3. The molecule has 80 valence electrons. The minimum atomic E-state index is -0.281. The Balaban J connectivity index is 1.87. The molecular weight excluding hydrogens is 196 g/mol. The minimum absolute atomic E-state index is 0.0685. The third kappa shape index (κ3) is 2.63. The molecule has 1 saturated heterocycles. The predicted octanol–water partition coefficient (Wildman–Crippen LogP) is -0.682. The van der Waals surface area contributed by atoms with Gasteiger partial charge in [0.2, 0.25) is 5.91 Å². The Kier molecular flexibility index (Phi) is 2.77. The van der Waals surface area contributed by atoms with Crippen LogP contribution in [0.3, 0.4) is 0 Å². The highest BCUT2D eigenvalue weighted by Crippen LogP contribution is 2.09. The number of aromatic amines is 1. The van der Waals surface area contributed by atoms with Crippen molar-refractivity contribution in [3.63, 3.8) is 0 Å². The number of aromatic nitrogens is 2. The fraction of sp³-hybridized carbons (Fsp3) is 0.444. The highest BCUT2D eigenvalue weighted by atomic mass is 16.2. The molecule has 1 aliphatic rings. The van der Waals surface area contributed by atoms with E-state index in [-0.39, 0.29) is 11.5 Å². The molecule has 0 aromatic carbocycles. The van der Waals surface area contributed by atoms with Gasteiger partial charge in [-0.1, -0.05) is 0 Å².